The molecule has 0 bridgehead atoms. The van der Waals surface area contributed by atoms with E-state index in [0.717, 1.165) is 56.7 Å². The number of hydrogen-bond donors (Lipinski definition) is 2. The summed E-state index contributed by atoms with van der Waals surface area (Å²) < 4.78 is 5.62. The van der Waals surface area contributed by atoms with E-state index in [1.54, 1.807) is 0 Å². The molecule has 5 rings (SSSR count). The van der Waals surface area contributed by atoms with Crippen LogP contribution in [0.2, 0.25) is 0 Å². The molecule has 2 aromatic rings. The van der Waals surface area contributed by atoms with E-state index in [2.05, 4.69) is 54.1 Å². The zero-order chi connectivity index (χ0) is 22.6. The van der Waals surface area contributed by atoms with Gasteiger partial charge in [0.1, 0.15) is 5.75 Å². The number of nitrogens with one attached hydrogen (secondary N) is 2. The molecule has 33 heavy (non-hydrogen) atoms. The van der Waals surface area contributed by atoms with Crippen LogP contribution in [-0.2, 0) is 6.42 Å². The molecule has 0 spiro atoms. The SMILES string of the molecule is C[C@@H](N=CC1CC[C@H](c2ccc(C(=O)NC3CCNCC3)cc2)C1)c1ccc2c(c1)CCO2. The van der Waals surface area contributed by atoms with Crippen molar-refractivity contribution in [1.29, 1.82) is 0 Å². The summed E-state index contributed by atoms with van der Waals surface area (Å²) in [6.07, 6.45) is 8.70. The first-order valence-electron chi connectivity index (χ1n) is 12.6. The van der Waals surface area contributed by atoms with Crippen LogP contribution in [0, 0.1) is 5.92 Å². The maximum absolute atomic E-state index is 12.6. The van der Waals surface area contributed by atoms with Gasteiger partial charge in [0.25, 0.3) is 5.91 Å². The van der Waals surface area contributed by atoms with E-state index in [1.807, 2.05) is 12.1 Å². The van der Waals surface area contributed by atoms with Crippen molar-refractivity contribution in [2.75, 3.05) is 19.7 Å². The van der Waals surface area contributed by atoms with Crippen molar-refractivity contribution in [2.24, 2.45) is 10.9 Å². The molecular formula is C28H35N3O2. The molecule has 0 aromatic heterocycles. The Balaban J connectivity index is 1.14. The summed E-state index contributed by atoms with van der Waals surface area (Å²) in [6.45, 7) is 4.94. The Morgan fingerprint density at radius 3 is 2.76 bits per heavy atom. The predicted octanol–water partition coefficient (Wildman–Crippen LogP) is 4.82. The fraction of sp³-hybridized carbons (Fsp3) is 0.500. The van der Waals surface area contributed by atoms with Crippen LogP contribution in [0.4, 0.5) is 0 Å². The second-order valence-corrected chi connectivity index (χ2v) is 9.83. The number of fused-ring (bicyclic) bond motifs is 1. The number of piperidine rings is 1. The number of ether oxygens (including phenoxy) is 1. The van der Waals surface area contributed by atoms with Crippen molar-refractivity contribution in [3.05, 3.63) is 64.7 Å². The molecule has 1 unspecified atom stereocenters. The van der Waals surface area contributed by atoms with Crippen molar-refractivity contribution >= 4 is 12.1 Å². The third kappa shape index (κ3) is 5.30. The van der Waals surface area contributed by atoms with E-state index < -0.39 is 0 Å². The van der Waals surface area contributed by atoms with Crippen LogP contribution in [0.25, 0.3) is 0 Å². The van der Waals surface area contributed by atoms with Crippen molar-refractivity contribution in [2.45, 2.75) is 63.5 Å². The molecule has 2 aliphatic heterocycles. The average Bonchev–Trinajstić information content (AvgIpc) is 3.52. The van der Waals surface area contributed by atoms with Crippen molar-refractivity contribution in [3.63, 3.8) is 0 Å². The molecule has 3 atom stereocenters. The lowest BCUT2D eigenvalue weighted by Crippen LogP contribution is -2.42. The summed E-state index contributed by atoms with van der Waals surface area (Å²) in [5, 5.41) is 6.52. The molecule has 1 amide bonds. The first-order valence-corrected chi connectivity index (χ1v) is 12.6. The number of aliphatic imine (C=N–C) groups is 1. The van der Waals surface area contributed by atoms with Crippen LogP contribution in [0.5, 0.6) is 5.75 Å². The van der Waals surface area contributed by atoms with Gasteiger partial charge < -0.3 is 15.4 Å². The molecule has 0 radical (unpaired) electrons. The highest BCUT2D eigenvalue weighted by Crippen LogP contribution is 2.38. The van der Waals surface area contributed by atoms with E-state index in [4.69, 9.17) is 9.73 Å². The zero-order valence-corrected chi connectivity index (χ0v) is 19.6. The Labute approximate surface area is 197 Å². The number of carbonyl (C=O) groups is 1. The fourth-order valence-corrected chi connectivity index (χ4v) is 5.40. The summed E-state index contributed by atoms with van der Waals surface area (Å²) in [4.78, 5) is 17.5. The maximum atomic E-state index is 12.6. The van der Waals surface area contributed by atoms with Crippen molar-refractivity contribution in [1.82, 2.24) is 10.6 Å². The van der Waals surface area contributed by atoms with Gasteiger partial charge in [-0.3, -0.25) is 9.79 Å². The summed E-state index contributed by atoms with van der Waals surface area (Å²) in [6, 6.07) is 15.2. The Kier molecular flexibility index (Phi) is 6.77. The standard InChI is InChI=1S/C28H35N3O2/c1-19(23-8-9-27-25(17-23)12-15-33-27)30-18-20-2-3-24(16-20)21-4-6-22(7-5-21)28(32)31-26-10-13-29-14-11-26/h4-9,17-20,24,26,29H,2-3,10-16H2,1H3,(H,31,32)/t19-,20?,24+/m1/s1. The number of hydrogen-bond acceptors (Lipinski definition) is 4. The van der Waals surface area contributed by atoms with E-state index >= 15 is 0 Å². The second kappa shape index (κ2) is 10.1. The number of carbonyl (C=O) groups excluding carboxylic acids is 1. The Morgan fingerprint density at radius 1 is 1.12 bits per heavy atom. The molecular weight excluding hydrogens is 410 g/mol. The maximum Gasteiger partial charge on any atom is 0.251 e. The molecule has 5 nitrogen and oxygen atoms in total. The lowest BCUT2D eigenvalue weighted by Gasteiger charge is -2.23. The third-order valence-electron chi connectivity index (χ3n) is 7.51. The number of rotatable bonds is 6. The van der Waals surface area contributed by atoms with Gasteiger partial charge in [-0.2, -0.15) is 0 Å². The van der Waals surface area contributed by atoms with Gasteiger partial charge in [0, 0.05) is 24.2 Å². The van der Waals surface area contributed by atoms with Gasteiger partial charge in [-0.05, 0) is 105 Å². The monoisotopic (exact) mass is 445 g/mol. The highest BCUT2D eigenvalue weighted by Gasteiger charge is 2.25. The topological polar surface area (TPSA) is 62.7 Å². The van der Waals surface area contributed by atoms with E-state index in [-0.39, 0.29) is 11.9 Å². The summed E-state index contributed by atoms with van der Waals surface area (Å²) in [5.41, 5.74) is 4.68. The minimum atomic E-state index is 0.0528. The van der Waals surface area contributed by atoms with Crippen LogP contribution in [0.15, 0.2) is 47.5 Å². The molecule has 5 heteroatoms. The van der Waals surface area contributed by atoms with Crippen molar-refractivity contribution in [3.8, 4) is 5.75 Å². The number of amides is 1. The molecule has 1 saturated carbocycles. The molecule has 174 valence electrons. The molecule has 2 heterocycles. The normalized spacial score (nSPS) is 23.9. The van der Waals surface area contributed by atoms with Gasteiger partial charge in [-0.15, -0.1) is 0 Å². The van der Waals surface area contributed by atoms with Crippen LogP contribution in [0.1, 0.15) is 78.0 Å². The third-order valence-corrected chi connectivity index (χ3v) is 7.51. The van der Waals surface area contributed by atoms with Crippen LogP contribution < -0.4 is 15.4 Å². The first kappa shape index (κ1) is 22.1. The molecule has 2 fully saturated rings. The summed E-state index contributed by atoms with van der Waals surface area (Å²) in [7, 11) is 0. The largest absolute Gasteiger partial charge is 0.493 e. The Hall–Kier alpha value is -2.66. The molecule has 2 aromatic carbocycles. The molecule has 3 aliphatic rings. The average molecular weight is 446 g/mol. The highest BCUT2D eigenvalue weighted by molar-refractivity contribution is 5.94. The summed E-state index contributed by atoms with van der Waals surface area (Å²) in [5.74, 6) is 2.16. The zero-order valence-electron chi connectivity index (χ0n) is 19.6. The van der Waals surface area contributed by atoms with Gasteiger partial charge in [0.05, 0.1) is 12.6 Å². The van der Waals surface area contributed by atoms with Gasteiger partial charge in [-0.25, -0.2) is 0 Å². The lowest BCUT2D eigenvalue weighted by atomic mass is 9.95. The van der Waals surface area contributed by atoms with E-state index in [1.165, 1.54) is 29.5 Å². The first-order chi connectivity index (χ1) is 16.2. The highest BCUT2D eigenvalue weighted by atomic mass is 16.5. The molecule has 1 aliphatic carbocycles. The van der Waals surface area contributed by atoms with Gasteiger partial charge in [0.2, 0.25) is 0 Å². The quantitative estimate of drug-likeness (QED) is 0.627. The van der Waals surface area contributed by atoms with E-state index in [0.29, 0.717) is 17.9 Å². The van der Waals surface area contributed by atoms with Crippen molar-refractivity contribution < 1.29 is 9.53 Å². The fourth-order valence-electron chi connectivity index (χ4n) is 5.40. The van der Waals surface area contributed by atoms with Gasteiger partial charge in [-0.1, -0.05) is 18.2 Å². The lowest BCUT2D eigenvalue weighted by molar-refractivity contribution is 0.0929. The Bertz CT molecular complexity index is 995. The number of benzene rings is 2. The molecule has 2 N–H and O–H groups in total. The summed E-state index contributed by atoms with van der Waals surface area (Å²) >= 11 is 0. The van der Waals surface area contributed by atoms with Crippen LogP contribution >= 0.6 is 0 Å². The van der Waals surface area contributed by atoms with Crippen LogP contribution in [0.3, 0.4) is 0 Å². The minimum Gasteiger partial charge on any atom is -0.493 e. The smallest absolute Gasteiger partial charge is 0.251 e. The second-order valence-electron chi connectivity index (χ2n) is 9.83. The minimum absolute atomic E-state index is 0.0528. The predicted molar refractivity (Wildman–Crippen MR) is 132 cm³/mol. The Morgan fingerprint density at radius 2 is 1.94 bits per heavy atom. The van der Waals surface area contributed by atoms with Gasteiger partial charge >= 0.3 is 0 Å². The van der Waals surface area contributed by atoms with Crippen LogP contribution in [-0.4, -0.2) is 37.9 Å². The van der Waals surface area contributed by atoms with E-state index in [9.17, 15) is 4.79 Å². The molecule has 1 saturated heterocycles. The number of nitrogens with zero attached hydrogens (tertiary/aromatic N) is 1. The van der Waals surface area contributed by atoms with Gasteiger partial charge in [0.15, 0.2) is 0 Å².